The smallest absolute Gasteiger partial charge is 0.408 e. The third kappa shape index (κ3) is 9.39. The quantitative estimate of drug-likeness (QED) is 0.372. The summed E-state index contributed by atoms with van der Waals surface area (Å²) in [5.41, 5.74) is 1.38. The maximum absolute atomic E-state index is 14.0. The molecule has 3 N–H and O–H groups in total. The van der Waals surface area contributed by atoms with E-state index in [1.54, 1.807) is 39.8 Å². The molecule has 8 heteroatoms. The summed E-state index contributed by atoms with van der Waals surface area (Å²) in [5, 5.41) is 15.8. The van der Waals surface area contributed by atoms with Crippen molar-refractivity contribution in [3.05, 3.63) is 65.2 Å². The highest BCUT2D eigenvalue weighted by atomic mass is 16.6. The van der Waals surface area contributed by atoms with E-state index in [0.717, 1.165) is 5.56 Å². The number of hydrogen-bond donors (Lipinski definition) is 3. The zero-order valence-electron chi connectivity index (χ0n) is 23.7. The SMILES string of the molecule is CCCN(C(=O)C(CC(C)C)NC(=O)OC(C)(C)C)C(C(=O)NCc1ccccc1)c1ccc(O)c(C)c1. The Morgan fingerprint density at radius 3 is 2.26 bits per heavy atom. The Balaban J connectivity index is 2.46. The van der Waals surface area contributed by atoms with Crippen LogP contribution < -0.4 is 10.6 Å². The van der Waals surface area contributed by atoms with E-state index in [1.807, 2.05) is 51.1 Å². The Kier molecular flexibility index (Phi) is 11.2. The molecule has 3 amide bonds. The van der Waals surface area contributed by atoms with Crippen LogP contribution in [0.15, 0.2) is 48.5 Å². The number of rotatable bonds is 11. The number of aromatic hydroxyl groups is 1. The predicted octanol–water partition coefficient (Wildman–Crippen LogP) is 5.24. The number of nitrogens with zero attached hydrogens (tertiary/aromatic N) is 1. The van der Waals surface area contributed by atoms with Gasteiger partial charge in [0.05, 0.1) is 0 Å². The van der Waals surface area contributed by atoms with E-state index in [0.29, 0.717) is 37.1 Å². The number of hydrogen-bond acceptors (Lipinski definition) is 5. The number of alkyl carbamates (subject to hydrolysis) is 1. The molecule has 2 aromatic carbocycles. The van der Waals surface area contributed by atoms with Gasteiger partial charge in [-0.2, -0.15) is 0 Å². The maximum atomic E-state index is 14.0. The molecule has 0 saturated carbocycles. The van der Waals surface area contributed by atoms with Crippen LogP contribution in [0, 0.1) is 12.8 Å². The van der Waals surface area contributed by atoms with E-state index < -0.39 is 23.8 Å². The second-order valence-electron chi connectivity index (χ2n) is 11.0. The predicted molar refractivity (Wildman–Crippen MR) is 148 cm³/mol. The van der Waals surface area contributed by atoms with Gasteiger partial charge in [0.2, 0.25) is 11.8 Å². The summed E-state index contributed by atoms with van der Waals surface area (Å²) in [6, 6.07) is 12.6. The van der Waals surface area contributed by atoms with Crippen molar-refractivity contribution in [1.82, 2.24) is 15.5 Å². The third-order valence-corrected chi connectivity index (χ3v) is 5.85. The number of ether oxygens (including phenoxy) is 1. The van der Waals surface area contributed by atoms with Gasteiger partial charge >= 0.3 is 6.09 Å². The van der Waals surface area contributed by atoms with Crippen LogP contribution >= 0.6 is 0 Å². The van der Waals surface area contributed by atoms with Crippen LogP contribution in [0.25, 0.3) is 0 Å². The third-order valence-electron chi connectivity index (χ3n) is 5.85. The molecule has 0 radical (unpaired) electrons. The first kappa shape index (κ1) is 30.7. The first-order valence-electron chi connectivity index (χ1n) is 13.2. The van der Waals surface area contributed by atoms with E-state index >= 15 is 0 Å². The van der Waals surface area contributed by atoms with Crippen LogP contribution in [0.2, 0.25) is 0 Å². The Hall–Kier alpha value is -3.55. The monoisotopic (exact) mass is 525 g/mol. The summed E-state index contributed by atoms with van der Waals surface area (Å²) in [4.78, 5) is 41.9. The van der Waals surface area contributed by atoms with Crippen LogP contribution in [0.1, 0.15) is 77.1 Å². The molecule has 0 bridgehead atoms. The second-order valence-corrected chi connectivity index (χ2v) is 11.0. The largest absolute Gasteiger partial charge is 0.508 e. The molecule has 0 heterocycles. The number of carbonyl (C=O) groups is 3. The van der Waals surface area contributed by atoms with Gasteiger partial charge in [-0.1, -0.05) is 57.2 Å². The minimum atomic E-state index is -0.958. The molecular weight excluding hydrogens is 482 g/mol. The minimum absolute atomic E-state index is 0.101. The molecule has 0 saturated heterocycles. The van der Waals surface area contributed by atoms with Crippen molar-refractivity contribution < 1.29 is 24.2 Å². The Bertz CT molecular complexity index is 1080. The highest BCUT2D eigenvalue weighted by molar-refractivity contribution is 5.92. The van der Waals surface area contributed by atoms with E-state index in [2.05, 4.69) is 10.6 Å². The number of nitrogens with one attached hydrogen (secondary N) is 2. The molecule has 38 heavy (non-hydrogen) atoms. The van der Waals surface area contributed by atoms with Crippen molar-refractivity contribution in [2.45, 2.75) is 85.5 Å². The highest BCUT2D eigenvalue weighted by Crippen LogP contribution is 2.28. The molecular formula is C30H43N3O5. The molecule has 0 aliphatic carbocycles. The zero-order valence-corrected chi connectivity index (χ0v) is 23.7. The van der Waals surface area contributed by atoms with E-state index in [-0.39, 0.29) is 23.5 Å². The molecule has 2 atom stereocenters. The summed E-state index contributed by atoms with van der Waals surface area (Å²) < 4.78 is 5.42. The van der Waals surface area contributed by atoms with Crippen LogP contribution in [0.4, 0.5) is 4.79 Å². The molecule has 208 valence electrons. The standard InChI is InChI=1S/C30H43N3O5/c1-8-16-33(28(36)24(17-20(2)3)32-29(37)38-30(5,6)7)26(23-14-15-25(34)21(4)18-23)27(35)31-19-22-12-10-9-11-13-22/h9-15,18,20,24,26,34H,8,16-17,19H2,1-7H3,(H,31,35)(H,32,37). The van der Waals surface area contributed by atoms with Gasteiger partial charge in [-0.05, 0) is 75.3 Å². The van der Waals surface area contributed by atoms with Crippen molar-refractivity contribution in [2.75, 3.05) is 6.54 Å². The number of benzene rings is 2. The van der Waals surface area contributed by atoms with Crippen molar-refractivity contribution >= 4 is 17.9 Å². The number of phenolic OH excluding ortho intramolecular Hbond substituents is 1. The van der Waals surface area contributed by atoms with Crippen molar-refractivity contribution in [2.24, 2.45) is 5.92 Å². The summed E-state index contributed by atoms with van der Waals surface area (Å²) in [7, 11) is 0. The topological polar surface area (TPSA) is 108 Å². The molecule has 0 aliphatic rings. The zero-order chi connectivity index (χ0) is 28.5. The molecule has 2 unspecified atom stereocenters. The van der Waals surface area contributed by atoms with Gasteiger partial charge < -0.3 is 25.4 Å². The number of amides is 3. The molecule has 0 fully saturated rings. The lowest BCUT2D eigenvalue weighted by Gasteiger charge is -2.35. The first-order chi connectivity index (χ1) is 17.8. The van der Waals surface area contributed by atoms with Gasteiger partial charge in [-0.3, -0.25) is 9.59 Å². The summed E-state index contributed by atoms with van der Waals surface area (Å²) >= 11 is 0. The highest BCUT2D eigenvalue weighted by Gasteiger charge is 2.36. The fourth-order valence-corrected chi connectivity index (χ4v) is 4.15. The van der Waals surface area contributed by atoms with Gasteiger partial charge in [-0.25, -0.2) is 4.79 Å². The number of carbonyl (C=O) groups excluding carboxylic acids is 3. The van der Waals surface area contributed by atoms with Crippen LogP contribution in [-0.4, -0.2) is 46.1 Å². The average Bonchev–Trinajstić information content (AvgIpc) is 2.83. The summed E-state index contributed by atoms with van der Waals surface area (Å²) in [5.74, 6) is -0.503. The lowest BCUT2D eigenvalue weighted by Crippen LogP contribution is -2.53. The molecule has 0 aliphatic heterocycles. The Labute approximate surface area is 226 Å². The van der Waals surface area contributed by atoms with Gasteiger partial charge in [0.1, 0.15) is 23.4 Å². The van der Waals surface area contributed by atoms with Crippen LogP contribution in [-0.2, 0) is 20.9 Å². The fourth-order valence-electron chi connectivity index (χ4n) is 4.15. The average molecular weight is 526 g/mol. The van der Waals surface area contributed by atoms with Crippen molar-refractivity contribution in [3.8, 4) is 5.75 Å². The van der Waals surface area contributed by atoms with Crippen molar-refractivity contribution in [3.63, 3.8) is 0 Å². The normalized spacial score (nSPS) is 12.9. The Morgan fingerprint density at radius 2 is 1.71 bits per heavy atom. The first-order valence-corrected chi connectivity index (χ1v) is 13.2. The van der Waals surface area contributed by atoms with Gasteiger partial charge in [0.25, 0.3) is 0 Å². The molecule has 0 spiro atoms. The van der Waals surface area contributed by atoms with Crippen molar-refractivity contribution in [1.29, 1.82) is 0 Å². The molecule has 2 aromatic rings. The lowest BCUT2D eigenvalue weighted by molar-refractivity contribution is -0.143. The van der Waals surface area contributed by atoms with Gasteiger partial charge in [-0.15, -0.1) is 0 Å². The molecule has 0 aromatic heterocycles. The second kappa shape index (κ2) is 13.8. The van der Waals surface area contributed by atoms with Crippen LogP contribution in [0.5, 0.6) is 5.75 Å². The molecule has 8 nitrogen and oxygen atoms in total. The van der Waals surface area contributed by atoms with Gasteiger partial charge in [0.15, 0.2) is 0 Å². The van der Waals surface area contributed by atoms with Crippen LogP contribution in [0.3, 0.4) is 0 Å². The van der Waals surface area contributed by atoms with E-state index in [4.69, 9.17) is 4.74 Å². The number of phenols is 1. The minimum Gasteiger partial charge on any atom is -0.508 e. The molecule has 2 rings (SSSR count). The van der Waals surface area contributed by atoms with Gasteiger partial charge in [0, 0.05) is 13.1 Å². The fraction of sp³-hybridized carbons (Fsp3) is 0.500. The van der Waals surface area contributed by atoms with E-state index in [1.165, 1.54) is 11.0 Å². The maximum Gasteiger partial charge on any atom is 0.408 e. The summed E-state index contributed by atoms with van der Waals surface area (Å²) in [6.45, 7) is 13.5. The Morgan fingerprint density at radius 1 is 1.05 bits per heavy atom. The lowest BCUT2D eigenvalue weighted by atomic mass is 9.97. The number of aryl methyl sites for hydroxylation is 1. The summed E-state index contributed by atoms with van der Waals surface area (Å²) in [6.07, 6.45) is 0.302. The van der Waals surface area contributed by atoms with E-state index in [9.17, 15) is 19.5 Å².